The first-order valence-corrected chi connectivity index (χ1v) is 6.76. The Balaban J connectivity index is 1.91. The minimum atomic E-state index is 0.125. The minimum absolute atomic E-state index is 0.125. The highest BCUT2D eigenvalue weighted by Crippen LogP contribution is 2.23. The van der Waals surface area contributed by atoms with Crippen molar-refractivity contribution in [3.05, 3.63) is 20.8 Å². The maximum Gasteiger partial charge on any atom is 0.143 e. The number of hydrogen-bond donors (Lipinski definition) is 0. The summed E-state index contributed by atoms with van der Waals surface area (Å²) in [5.74, 6) is 0.448. The van der Waals surface area contributed by atoms with Gasteiger partial charge in [0, 0.05) is 33.7 Å². The molecule has 1 aromatic heterocycles. The summed E-state index contributed by atoms with van der Waals surface area (Å²) in [7, 11) is 0. The molecule has 1 saturated heterocycles. The lowest BCUT2D eigenvalue weighted by Gasteiger charge is -2.20. The van der Waals surface area contributed by atoms with Gasteiger partial charge in [-0.15, -0.1) is 11.3 Å². The van der Waals surface area contributed by atoms with E-state index in [1.165, 1.54) is 0 Å². The van der Waals surface area contributed by atoms with Crippen molar-refractivity contribution >= 4 is 33.0 Å². The van der Waals surface area contributed by atoms with Crippen LogP contribution < -0.4 is 0 Å². The number of Topliss-reactive ketones (excluding diaryl/α,β-unsaturated/α-hetero) is 1. The van der Waals surface area contributed by atoms with E-state index < -0.39 is 0 Å². The average molecular weight is 289 g/mol. The molecule has 1 unspecified atom stereocenters. The Morgan fingerprint density at radius 2 is 2.53 bits per heavy atom. The molecule has 0 aromatic carbocycles. The number of halogens is 1. The maximum absolute atomic E-state index is 11.9. The summed E-state index contributed by atoms with van der Waals surface area (Å²) in [6, 6.07) is 2.02. The molecule has 0 saturated carbocycles. The van der Waals surface area contributed by atoms with E-state index in [0.717, 1.165) is 28.8 Å². The molecular formula is C11H13BrO2S. The first-order chi connectivity index (χ1) is 7.25. The van der Waals surface area contributed by atoms with Crippen molar-refractivity contribution in [2.75, 3.05) is 13.2 Å². The second-order valence-electron chi connectivity index (χ2n) is 3.79. The highest BCUT2D eigenvalue weighted by atomic mass is 79.9. The molecular weight excluding hydrogens is 276 g/mol. The van der Waals surface area contributed by atoms with E-state index in [9.17, 15) is 4.79 Å². The van der Waals surface area contributed by atoms with Crippen LogP contribution in [-0.4, -0.2) is 19.0 Å². The predicted octanol–water partition coefficient (Wildman–Crippen LogP) is 3.05. The van der Waals surface area contributed by atoms with E-state index in [-0.39, 0.29) is 5.92 Å². The molecule has 2 heterocycles. The molecule has 1 aliphatic heterocycles. The number of hydrogen-bond acceptors (Lipinski definition) is 3. The summed E-state index contributed by atoms with van der Waals surface area (Å²) in [5, 5.41) is 2.01. The third-order valence-electron chi connectivity index (χ3n) is 2.59. The molecule has 0 amide bonds. The molecule has 1 aliphatic rings. The fraction of sp³-hybridized carbons (Fsp3) is 0.545. The van der Waals surface area contributed by atoms with Gasteiger partial charge in [0.25, 0.3) is 0 Å². The molecule has 1 aromatic rings. The van der Waals surface area contributed by atoms with Gasteiger partial charge in [0.05, 0.1) is 6.61 Å². The Kier molecular flexibility index (Phi) is 3.94. The van der Waals surface area contributed by atoms with Crippen molar-refractivity contribution in [2.24, 2.45) is 5.92 Å². The topological polar surface area (TPSA) is 26.3 Å². The van der Waals surface area contributed by atoms with Gasteiger partial charge in [-0.05, 0) is 34.8 Å². The summed E-state index contributed by atoms with van der Waals surface area (Å²) in [4.78, 5) is 13.0. The summed E-state index contributed by atoms with van der Waals surface area (Å²) >= 11 is 5.03. The first kappa shape index (κ1) is 11.3. The highest BCUT2D eigenvalue weighted by molar-refractivity contribution is 9.10. The summed E-state index contributed by atoms with van der Waals surface area (Å²) in [5.41, 5.74) is 0. The lowest BCUT2D eigenvalue weighted by molar-refractivity contribution is -0.126. The van der Waals surface area contributed by atoms with Crippen LogP contribution in [0.2, 0.25) is 0 Å². The van der Waals surface area contributed by atoms with Gasteiger partial charge in [-0.2, -0.15) is 0 Å². The van der Waals surface area contributed by atoms with Gasteiger partial charge in [0.15, 0.2) is 0 Å². The Hall–Kier alpha value is -0.190. The summed E-state index contributed by atoms with van der Waals surface area (Å²) in [6.07, 6.45) is 2.57. The van der Waals surface area contributed by atoms with E-state index in [1.807, 2.05) is 11.4 Å². The number of carbonyl (C=O) groups is 1. The molecule has 2 rings (SSSR count). The highest BCUT2D eigenvalue weighted by Gasteiger charge is 2.21. The van der Waals surface area contributed by atoms with Crippen molar-refractivity contribution < 1.29 is 9.53 Å². The predicted molar refractivity (Wildman–Crippen MR) is 64.3 cm³/mol. The molecule has 1 atom stereocenters. The number of ether oxygens (including phenoxy) is 1. The fourth-order valence-electron chi connectivity index (χ4n) is 1.76. The number of rotatable bonds is 3. The van der Waals surface area contributed by atoms with Gasteiger partial charge in [-0.3, -0.25) is 4.79 Å². The first-order valence-electron chi connectivity index (χ1n) is 5.09. The van der Waals surface area contributed by atoms with Crippen LogP contribution in [0.1, 0.15) is 17.7 Å². The van der Waals surface area contributed by atoms with Crippen molar-refractivity contribution in [2.45, 2.75) is 19.3 Å². The van der Waals surface area contributed by atoms with Crippen molar-refractivity contribution in [3.63, 3.8) is 0 Å². The van der Waals surface area contributed by atoms with E-state index in [0.29, 0.717) is 18.8 Å². The van der Waals surface area contributed by atoms with Gasteiger partial charge in [0.1, 0.15) is 5.78 Å². The lowest BCUT2D eigenvalue weighted by Crippen LogP contribution is -2.26. The van der Waals surface area contributed by atoms with Gasteiger partial charge in [-0.1, -0.05) is 0 Å². The van der Waals surface area contributed by atoms with Gasteiger partial charge < -0.3 is 4.74 Å². The van der Waals surface area contributed by atoms with Crippen LogP contribution in [0.4, 0.5) is 0 Å². The normalized spacial score (nSPS) is 21.5. The van der Waals surface area contributed by atoms with Crippen LogP contribution in [0.3, 0.4) is 0 Å². The van der Waals surface area contributed by atoms with E-state index in [2.05, 4.69) is 15.9 Å². The van der Waals surface area contributed by atoms with Crippen molar-refractivity contribution in [1.29, 1.82) is 0 Å². The SMILES string of the molecule is O=C(Cc1cc(Br)cs1)C1CCCOC1. The van der Waals surface area contributed by atoms with Crippen LogP contribution in [0.5, 0.6) is 0 Å². The van der Waals surface area contributed by atoms with Gasteiger partial charge >= 0.3 is 0 Å². The zero-order valence-corrected chi connectivity index (χ0v) is 10.8. The Morgan fingerprint density at radius 1 is 1.67 bits per heavy atom. The largest absolute Gasteiger partial charge is 0.381 e. The molecule has 1 fully saturated rings. The molecule has 0 N–H and O–H groups in total. The van der Waals surface area contributed by atoms with Crippen molar-refractivity contribution in [3.8, 4) is 0 Å². The van der Waals surface area contributed by atoms with Crippen LogP contribution in [0.15, 0.2) is 15.9 Å². The van der Waals surface area contributed by atoms with Crippen LogP contribution in [0.25, 0.3) is 0 Å². The zero-order valence-electron chi connectivity index (χ0n) is 8.37. The number of ketones is 1. The summed E-state index contributed by atoms with van der Waals surface area (Å²) < 4.78 is 6.38. The van der Waals surface area contributed by atoms with Gasteiger partial charge in [-0.25, -0.2) is 0 Å². The van der Waals surface area contributed by atoms with E-state index >= 15 is 0 Å². The third-order valence-corrected chi connectivity index (χ3v) is 4.28. The third kappa shape index (κ3) is 3.13. The van der Waals surface area contributed by atoms with Crippen molar-refractivity contribution in [1.82, 2.24) is 0 Å². The minimum Gasteiger partial charge on any atom is -0.381 e. The second-order valence-corrected chi connectivity index (χ2v) is 5.70. The Morgan fingerprint density at radius 3 is 3.13 bits per heavy atom. The molecule has 2 nitrogen and oxygen atoms in total. The monoisotopic (exact) mass is 288 g/mol. The number of carbonyl (C=O) groups excluding carboxylic acids is 1. The molecule has 15 heavy (non-hydrogen) atoms. The standard InChI is InChI=1S/C11H13BrO2S/c12-9-4-10(15-7-9)5-11(13)8-2-1-3-14-6-8/h4,7-8H,1-3,5-6H2. The Labute approximate surface area is 102 Å². The van der Waals surface area contributed by atoms with Crippen LogP contribution in [0, 0.1) is 5.92 Å². The van der Waals surface area contributed by atoms with Crippen LogP contribution in [-0.2, 0) is 16.0 Å². The lowest BCUT2D eigenvalue weighted by atomic mass is 9.95. The van der Waals surface area contributed by atoms with Gasteiger partial charge in [0.2, 0.25) is 0 Å². The second kappa shape index (κ2) is 5.23. The van der Waals surface area contributed by atoms with E-state index in [4.69, 9.17) is 4.74 Å². The average Bonchev–Trinajstić information content (AvgIpc) is 2.65. The molecule has 0 spiro atoms. The maximum atomic E-state index is 11.9. The van der Waals surface area contributed by atoms with Crippen LogP contribution >= 0.6 is 27.3 Å². The van der Waals surface area contributed by atoms with E-state index in [1.54, 1.807) is 11.3 Å². The number of thiophene rings is 1. The summed E-state index contributed by atoms with van der Waals surface area (Å²) in [6.45, 7) is 1.43. The zero-order chi connectivity index (χ0) is 10.7. The molecule has 0 radical (unpaired) electrons. The smallest absolute Gasteiger partial charge is 0.143 e. The molecule has 0 bridgehead atoms. The molecule has 0 aliphatic carbocycles. The molecule has 4 heteroatoms. The molecule has 82 valence electrons. The quantitative estimate of drug-likeness (QED) is 0.855. The fourth-order valence-corrected chi connectivity index (χ4v) is 3.22. The Bertz CT molecular complexity index is 342.